The normalized spacial score (nSPS) is 37.0. The van der Waals surface area contributed by atoms with Gasteiger partial charge >= 0.3 is 0 Å². The summed E-state index contributed by atoms with van der Waals surface area (Å²) in [7, 11) is 0. The Morgan fingerprint density at radius 1 is 1.05 bits per heavy atom. The van der Waals surface area contributed by atoms with Crippen molar-refractivity contribution in [1.29, 1.82) is 0 Å². The van der Waals surface area contributed by atoms with Gasteiger partial charge in [-0.25, -0.2) is 0 Å². The topological polar surface area (TPSA) is 90.2 Å². The van der Waals surface area contributed by atoms with Gasteiger partial charge in [0.15, 0.2) is 0 Å². The van der Waals surface area contributed by atoms with Gasteiger partial charge in [0.2, 0.25) is 0 Å². The lowest BCUT2D eigenvalue weighted by Crippen LogP contribution is -2.56. The molecule has 106 valence electrons. The van der Waals surface area contributed by atoms with Crippen LogP contribution in [0, 0.1) is 0 Å². The van der Waals surface area contributed by atoms with E-state index in [1.807, 2.05) is 18.2 Å². The largest absolute Gasteiger partial charge is 0.388 e. The maximum Gasteiger partial charge on any atom is 0.111 e. The van der Waals surface area contributed by atoms with E-state index >= 15 is 0 Å². The molecule has 0 spiro atoms. The first kappa shape index (κ1) is 14.4. The molecule has 19 heavy (non-hydrogen) atoms. The van der Waals surface area contributed by atoms with Crippen LogP contribution in [-0.2, 0) is 4.74 Å². The zero-order valence-corrected chi connectivity index (χ0v) is 10.8. The molecule has 5 heteroatoms. The second-order valence-electron chi connectivity index (χ2n) is 5.01. The van der Waals surface area contributed by atoms with Crippen molar-refractivity contribution in [2.24, 2.45) is 0 Å². The minimum atomic E-state index is -1.25. The third-order valence-electron chi connectivity index (χ3n) is 3.59. The van der Waals surface area contributed by atoms with Gasteiger partial charge in [0.05, 0.1) is 18.3 Å². The summed E-state index contributed by atoms with van der Waals surface area (Å²) in [6, 6.07) is 9.06. The number of benzene rings is 1. The highest BCUT2D eigenvalue weighted by molar-refractivity contribution is 5.17. The van der Waals surface area contributed by atoms with E-state index in [4.69, 9.17) is 4.74 Å². The maximum atomic E-state index is 10.1. The molecule has 0 amide bonds. The third kappa shape index (κ3) is 3.13. The summed E-state index contributed by atoms with van der Waals surface area (Å²) in [5.74, 6) is 0. The molecule has 5 nitrogen and oxygen atoms in total. The predicted octanol–water partition coefficient (Wildman–Crippen LogP) is -0.0199. The standard InChI is InChI=1S/C14H20O5/c1-8-12(16)14(18)13(17)11(19-8)7-10(15)9-5-3-2-4-6-9/h2-6,8,10-18H,7H2,1H3/t8-,10?,11+,12+,13+,14+/m1/s1. The Hall–Kier alpha value is -0.980. The number of ether oxygens (including phenoxy) is 1. The molecular formula is C14H20O5. The Bertz CT molecular complexity index is 396. The van der Waals surface area contributed by atoms with Crippen LogP contribution < -0.4 is 0 Å². The Balaban J connectivity index is 2.02. The first-order valence-corrected chi connectivity index (χ1v) is 6.43. The highest BCUT2D eigenvalue weighted by Crippen LogP contribution is 2.28. The van der Waals surface area contributed by atoms with Crippen molar-refractivity contribution in [3.8, 4) is 0 Å². The SMILES string of the molecule is C[C@H]1O[C@@H](CC(O)c2ccccc2)[C@H](O)[C@@H](O)[C@H]1O. The minimum Gasteiger partial charge on any atom is -0.388 e. The maximum absolute atomic E-state index is 10.1. The molecule has 4 N–H and O–H groups in total. The van der Waals surface area contributed by atoms with Crippen molar-refractivity contribution in [3.05, 3.63) is 35.9 Å². The molecule has 1 aromatic carbocycles. The molecule has 1 aliphatic rings. The van der Waals surface area contributed by atoms with Gasteiger partial charge in [0.1, 0.15) is 18.3 Å². The van der Waals surface area contributed by atoms with Gasteiger partial charge in [0, 0.05) is 6.42 Å². The number of aliphatic hydroxyl groups excluding tert-OH is 4. The lowest BCUT2D eigenvalue weighted by atomic mass is 9.91. The third-order valence-corrected chi connectivity index (χ3v) is 3.59. The van der Waals surface area contributed by atoms with E-state index in [1.165, 1.54) is 0 Å². The number of hydrogen-bond acceptors (Lipinski definition) is 5. The highest BCUT2D eigenvalue weighted by Gasteiger charge is 2.42. The number of rotatable bonds is 3. The number of hydrogen-bond donors (Lipinski definition) is 4. The summed E-state index contributed by atoms with van der Waals surface area (Å²) in [5, 5.41) is 39.3. The summed E-state index contributed by atoms with van der Waals surface area (Å²) < 4.78 is 5.45. The van der Waals surface area contributed by atoms with Gasteiger partial charge in [-0.05, 0) is 12.5 Å². The van der Waals surface area contributed by atoms with Crippen molar-refractivity contribution in [1.82, 2.24) is 0 Å². The average molecular weight is 268 g/mol. The predicted molar refractivity (Wildman–Crippen MR) is 68.4 cm³/mol. The molecule has 0 bridgehead atoms. The van der Waals surface area contributed by atoms with Crippen LogP contribution in [-0.4, -0.2) is 50.9 Å². The van der Waals surface area contributed by atoms with Crippen molar-refractivity contribution in [3.63, 3.8) is 0 Å². The fourth-order valence-corrected chi connectivity index (χ4v) is 2.36. The average Bonchev–Trinajstić information content (AvgIpc) is 2.43. The minimum absolute atomic E-state index is 0.166. The van der Waals surface area contributed by atoms with Crippen molar-refractivity contribution in [2.45, 2.75) is 50.0 Å². The lowest BCUT2D eigenvalue weighted by molar-refractivity contribution is -0.222. The van der Waals surface area contributed by atoms with Gasteiger partial charge in [-0.2, -0.15) is 0 Å². The molecular weight excluding hydrogens is 248 g/mol. The summed E-state index contributed by atoms with van der Waals surface area (Å²) in [4.78, 5) is 0. The van der Waals surface area contributed by atoms with Gasteiger partial charge in [0.25, 0.3) is 0 Å². The van der Waals surface area contributed by atoms with E-state index in [2.05, 4.69) is 0 Å². The number of aliphatic hydroxyl groups is 4. The Kier molecular flexibility index (Phi) is 4.54. The van der Waals surface area contributed by atoms with E-state index in [-0.39, 0.29) is 6.42 Å². The van der Waals surface area contributed by atoms with Gasteiger partial charge < -0.3 is 25.2 Å². The smallest absolute Gasteiger partial charge is 0.111 e. The van der Waals surface area contributed by atoms with Crippen LogP contribution in [0.4, 0.5) is 0 Å². The van der Waals surface area contributed by atoms with E-state index in [1.54, 1.807) is 19.1 Å². The van der Waals surface area contributed by atoms with Crippen LogP contribution in [0.15, 0.2) is 30.3 Å². The molecule has 0 radical (unpaired) electrons. The molecule has 1 unspecified atom stereocenters. The second kappa shape index (κ2) is 5.98. The zero-order valence-electron chi connectivity index (χ0n) is 10.8. The van der Waals surface area contributed by atoms with Crippen LogP contribution in [0.25, 0.3) is 0 Å². The Morgan fingerprint density at radius 2 is 1.68 bits per heavy atom. The Labute approximate surface area is 112 Å². The van der Waals surface area contributed by atoms with Crippen molar-refractivity contribution < 1.29 is 25.2 Å². The molecule has 1 fully saturated rings. The van der Waals surface area contributed by atoms with Gasteiger partial charge in [-0.15, -0.1) is 0 Å². The van der Waals surface area contributed by atoms with E-state index in [9.17, 15) is 20.4 Å². The molecule has 0 saturated carbocycles. The first-order valence-electron chi connectivity index (χ1n) is 6.43. The lowest BCUT2D eigenvalue weighted by Gasteiger charge is -2.40. The van der Waals surface area contributed by atoms with Crippen LogP contribution in [0.2, 0.25) is 0 Å². The van der Waals surface area contributed by atoms with E-state index in [0.717, 1.165) is 5.56 Å². The molecule has 0 aromatic heterocycles. The zero-order chi connectivity index (χ0) is 14.0. The Morgan fingerprint density at radius 3 is 2.32 bits per heavy atom. The van der Waals surface area contributed by atoms with Crippen LogP contribution >= 0.6 is 0 Å². The fourth-order valence-electron chi connectivity index (χ4n) is 2.36. The van der Waals surface area contributed by atoms with Crippen molar-refractivity contribution >= 4 is 0 Å². The van der Waals surface area contributed by atoms with Gasteiger partial charge in [-0.3, -0.25) is 0 Å². The molecule has 1 aromatic rings. The van der Waals surface area contributed by atoms with Crippen molar-refractivity contribution in [2.75, 3.05) is 0 Å². The molecule has 2 rings (SSSR count). The molecule has 1 heterocycles. The van der Waals surface area contributed by atoms with E-state index in [0.29, 0.717) is 0 Å². The first-order chi connectivity index (χ1) is 9.00. The molecule has 0 aliphatic carbocycles. The molecule has 1 aliphatic heterocycles. The summed E-state index contributed by atoms with van der Waals surface area (Å²) in [6.45, 7) is 1.63. The molecule has 6 atom stereocenters. The second-order valence-corrected chi connectivity index (χ2v) is 5.01. The quantitative estimate of drug-likeness (QED) is 0.618. The van der Waals surface area contributed by atoms with E-state index < -0.39 is 36.6 Å². The summed E-state index contributed by atoms with van der Waals surface area (Å²) >= 11 is 0. The van der Waals surface area contributed by atoms with Gasteiger partial charge in [-0.1, -0.05) is 30.3 Å². The molecule has 1 saturated heterocycles. The van der Waals surface area contributed by atoms with Crippen LogP contribution in [0.3, 0.4) is 0 Å². The fraction of sp³-hybridized carbons (Fsp3) is 0.571. The van der Waals surface area contributed by atoms with Crippen LogP contribution in [0.5, 0.6) is 0 Å². The summed E-state index contributed by atoms with van der Waals surface area (Å²) in [6.07, 6.45) is -5.47. The summed E-state index contributed by atoms with van der Waals surface area (Å²) in [5.41, 5.74) is 0.728. The monoisotopic (exact) mass is 268 g/mol. The highest BCUT2D eigenvalue weighted by atomic mass is 16.5. The van der Waals surface area contributed by atoms with Crippen LogP contribution in [0.1, 0.15) is 25.0 Å².